The third-order valence-electron chi connectivity index (χ3n) is 4.07. The fraction of sp³-hybridized carbons (Fsp3) is 0.211. The summed E-state index contributed by atoms with van der Waals surface area (Å²) in [5.41, 5.74) is 1.61. The number of ether oxygens (including phenoxy) is 1. The molecule has 1 aromatic rings. The van der Waals surface area contributed by atoms with Gasteiger partial charge >= 0.3 is 0 Å². The monoisotopic (exact) mass is 377 g/mol. The van der Waals surface area contributed by atoms with Crippen molar-refractivity contribution in [2.45, 2.75) is 25.3 Å². The van der Waals surface area contributed by atoms with Crippen LogP contribution in [0.4, 0.5) is 0 Å². The van der Waals surface area contributed by atoms with Crippen LogP contribution in [0.3, 0.4) is 0 Å². The minimum absolute atomic E-state index is 0.106. The van der Waals surface area contributed by atoms with Crippen LogP contribution in [-0.4, -0.2) is 16.3 Å². The smallest absolute Gasteiger partial charge is 0.147 e. The number of nitrogens with zero attached hydrogens (tertiary/aromatic N) is 1. The molecule has 6 heteroatoms. The van der Waals surface area contributed by atoms with Gasteiger partial charge in [-0.3, -0.25) is 0 Å². The standard InChI is InChI=1S/C19H17Cl2NO3/c20-14-9-16(19(24)17(21)10-14)18(12-23)22-6-7-25-15(11-22)8-13-4-2-1-3-5-13/h1-2,4,6-7,9-12,18,24H,3,5,8H2. The molecular weight excluding hydrogens is 361 g/mol. The molecule has 0 fully saturated rings. The maximum atomic E-state index is 11.7. The van der Waals surface area contributed by atoms with Gasteiger partial charge in [-0.1, -0.05) is 47.0 Å². The molecule has 0 aromatic heterocycles. The first kappa shape index (κ1) is 17.6. The summed E-state index contributed by atoms with van der Waals surface area (Å²) in [6.45, 7) is 0. The Balaban J connectivity index is 1.86. The van der Waals surface area contributed by atoms with Gasteiger partial charge in [-0.15, -0.1) is 0 Å². The second kappa shape index (κ2) is 7.81. The first-order chi connectivity index (χ1) is 12.1. The van der Waals surface area contributed by atoms with Crippen molar-refractivity contribution in [3.8, 4) is 5.75 Å². The molecule has 1 heterocycles. The summed E-state index contributed by atoms with van der Waals surface area (Å²) in [6.07, 6.45) is 14.6. The molecule has 2 aliphatic rings. The Bertz CT molecular complexity index is 796. The first-order valence-electron chi connectivity index (χ1n) is 7.87. The zero-order valence-corrected chi connectivity index (χ0v) is 14.9. The Morgan fingerprint density at radius 3 is 2.92 bits per heavy atom. The highest BCUT2D eigenvalue weighted by atomic mass is 35.5. The largest absolute Gasteiger partial charge is 0.506 e. The van der Waals surface area contributed by atoms with E-state index in [1.54, 1.807) is 17.3 Å². The fourth-order valence-corrected chi connectivity index (χ4v) is 3.34. The van der Waals surface area contributed by atoms with Crippen molar-refractivity contribution in [3.63, 3.8) is 0 Å². The average molecular weight is 378 g/mol. The number of allylic oxidation sites excluding steroid dienone is 4. The highest BCUT2D eigenvalue weighted by Gasteiger charge is 2.24. The second-order valence-electron chi connectivity index (χ2n) is 5.82. The van der Waals surface area contributed by atoms with Gasteiger partial charge in [-0.25, -0.2) is 0 Å². The number of aromatic hydroxyl groups is 1. The molecule has 0 spiro atoms. The van der Waals surface area contributed by atoms with Gasteiger partial charge in [0.15, 0.2) is 0 Å². The number of halogens is 2. The molecule has 4 nitrogen and oxygen atoms in total. The van der Waals surface area contributed by atoms with Crippen LogP contribution in [-0.2, 0) is 9.53 Å². The summed E-state index contributed by atoms with van der Waals surface area (Å²) in [7, 11) is 0. The first-order valence-corrected chi connectivity index (χ1v) is 8.63. The predicted octanol–water partition coefficient (Wildman–Crippen LogP) is 5.25. The molecule has 1 aromatic carbocycles. The van der Waals surface area contributed by atoms with Crippen LogP contribution < -0.4 is 0 Å². The summed E-state index contributed by atoms with van der Waals surface area (Å²) in [6, 6.07) is 2.21. The maximum absolute atomic E-state index is 11.7. The third kappa shape index (κ3) is 4.09. The maximum Gasteiger partial charge on any atom is 0.147 e. The van der Waals surface area contributed by atoms with Crippen molar-refractivity contribution in [1.29, 1.82) is 0 Å². The summed E-state index contributed by atoms with van der Waals surface area (Å²) < 4.78 is 5.56. The van der Waals surface area contributed by atoms with Gasteiger partial charge in [0.05, 0.1) is 5.02 Å². The number of carbonyl (C=O) groups excluding carboxylic acids is 1. The van der Waals surface area contributed by atoms with Crippen LogP contribution in [0.5, 0.6) is 5.75 Å². The Morgan fingerprint density at radius 1 is 1.36 bits per heavy atom. The van der Waals surface area contributed by atoms with Gasteiger partial charge in [0.1, 0.15) is 30.1 Å². The van der Waals surface area contributed by atoms with Crippen molar-refractivity contribution < 1.29 is 14.6 Å². The molecule has 0 amide bonds. The molecule has 130 valence electrons. The van der Waals surface area contributed by atoms with Crippen molar-refractivity contribution in [2.75, 3.05) is 0 Å². The zero-order chi connectivity index (χ0) is 17.8. The van der Waals surface area contributed by atoms with Crippen LogP contribution in [0, 0.1) is 0 Å². The normalized spacial score (nSPS) is 17.6. The van der Waals surface area contributed by atoms with Crippen molar-refractivity contribution >= 4 is 29.5 Å². The van der Waals surface area contributed by atoms with Gasteiger partial charge in [0, 0.05) is 29.4 Å². The third-order valence-corrected chi connectivity index (χ3v) is 4.58. The van der Waals surface area contributed by atoms with Crippen LogP contribution >= 0.6 is 23.2 Å². The fourth-order valence-electron chi connectivity index (χ4n) is 2.83. The molecule has 1 aliphatic carbocycles. The Labute approximate surface area is 156 Å². The lowest BCUT2D eigenvalue weighted by molar-refractivity contribution is -0.111. The van der Waals surface area contributed by atoms with E-state index in [-0.39, 0.29) is 10.8 Å². The Hall–Kier alpha value is -2.17. The van der Waals surface area contributed by atoms with Crippen LogP contribution in [0.15, 0.2) is 60.4 Å². The Morgan fingerprint density at radius 2 is 2.20 bits per heavy atom. The van der Waals surface area contributed by atoms with Gasteiger partial charge in [-0.2, -0.15) is 0 Å². The minimum atomic E-state index is -0.758. The number of aldehydes is 1. The highest BCUT2D eigenvalue weighted by Crippen LogP contribution is 2.37. The van der Waals surface area contributed by atoms with E-state index in [0.29, 0.717) is 17.0 Å². The SMILES string of the molecule is O=CC(c1cc(Cl)cc(Cl)c1O)N1C=COC(CC2=CC=CCC2)=C1. The molecule has 3 rings (SSSR count). The number of phenols is 1. The van der Waals surface area contributed by atoms with Crippen LogP contribution in [0.1, 0.15) is 30.9 Å². The number of carbonyl (C=O) groups is 1. The molecule has 1 unspecified atom stereocenters. The molecule has 1 atom stereocenters. The number of hydrogen-bond donors (Lipinski definition) is 1. The van der Waals surface area contributed by atoms with Crippen LogP contribution in [0.2, 0.25) is 10.0 Å². The van der Waals surface area contributed by atoms with Gasteiger partial charge in [0.2, 0.25) is 0 Å². The van der Waals surface area contributed by atoms with E-state index < -0.39 is 6.04 Å². The number of benzene rings is 1. The van der Waals surface area contributed by atoms with Crippen molar-refractivity contribution in [3.05, 3.63) is 76.0 Å². The topological polar surface area (TPSA) is 49.8 Å². The summed E-state index contributed by atoms with van der Waals surface area (Å²) in [5, 5.41) is 10.7. The molecule has 0 saturated heterocycles. The van der Waals surface area contributed by atoms with E-state index in [1.807, 2.05) is 6.08 Å². The van der Waals surface area contributed by atoms with E-state index in [2.05, 4.69) is 12.2 Å². The summed E-state index contributed by atoms with van der Waals surface area (Å²) in [5.74, 6) is 0.571. The molecular formula is C19H17Cl2NO3. The van der Waals surface area contributed by atoms with E-state index in [0.717, 1.165) is 24.9 Å². The molecule has 1 aliphatic heterocycles. The summed E-state index contributed by atoms with van der Waals surface area (Å²) >= 11 is 12.0. The molecule has 0 bridgehead atoms. The molecule has 0 saturated carbocycles. The second-order valence-corrected chi connectivity index (χ2v) is 6.66. The van der Waals surface area contributed by atoms with Gasteiger partial charge < -0.3 is 19.5 Å². The molecule has 1 N–H and O–H groups in total. The number of phenolic OH excluding ortho intramolecular Hbond substituents is 1. The summed E-state index contributed by atoms with van der Waals surface area (Å²) in [4.78, 5) is 13.4. The number of hydrogen-bond acceptors (Lipinski definition) is 4. The van der Waals surface area contributed by atoms with E-state index >= 15 is 0 Å². The van der Waals surface area contributed by atoms with Gasteiger partial charge in [-0.05, 0) is 25.0 Å². The lowest BCUT2D eigenvalue weighted by Crippen LogP contribution is -2.22. The zero-order valence-electron chi connectivity index (χ0n) is 13.4. The lowest BCUT2D eigenvalue weighted by Gasteiger charge is -2.28. The quantitative estimate of drug-likeness (QED) is 0.711. The average Bonchev–Trinajstić information content (AvgIpc) is 2.61. The van der Waals surface area contributed by atoms with Crippen LogP contribution in [0.25, 0.3) is 0 Å². The van der Waals surface area contributed by atoms with E-state index in [9.17, 15) is 9.90 Å². The Kier molecular flexibility index (Phi) is 5.51. The van der Waals surface area contributed by atoms with E-state index in [4.69, 9.17) is 27.9 Å². The number of rotatable bonds is 5. The molecule has 0 radical (unpaired) electrons. The van der Waals surface area contributed by atoms with Crippen molar-refractivity contribution in [1.82, 2.24) is 4.90 Å². The van der Waals surface area contributed by atoms with Crippen molar-refractivity contribution in [2.24, 2.45) is 0 Å². The van der Waals surface area contributed by atoms with Gasteiger partial charge in [0.25, 0.3) is 0 Å². The highest BCUT2D eigenvalue weighted by molar-refractivity contribution is 6.35. The molecule has 25 heavy (non-hydrogen) atoms. The predicted molar refractivity (Wildman–Crippen MR) is 98.2 cm³/mol. The minimum Gasteiger partial charge on any atom is -0.506 e. The lowest BCUT2D eigenvalue weighted by atomic mass is 10.0. The van der Waals surface area contributed by atoms with E-state index in [1.165, 1.54) is 24.0 Å².